The van der Waals surface area contributed by atoms with Gasteiger partial charge in [-0.3, -0.25) is 19.3 Å². The second-order valence-electron chi connectivity index (χ2n) is 8.64. The van der Waals surface area contributed by atoms with Crippen molar-refractivity contribution >= 4 is 29.1 Å². The number of nitrogens with zero attached hydrogens (tertiary/aromatic N) is 2. The van der Waals surface area contributed by atoms with E-state index in [-0.39, 0.29) is 37.1 Å². The van der Waals surface area contributed by atoms with E-state index in [0.29, 0.717) is 16.9 Å². The van der Waals surface area contributed by atoms with Gasteiger partial charge in [0.05, 0.1) is 11.3 Å². The van der Waals surface area contributed by atoms with Gasteiger partial charge >= 0.3 is 0 Å². The van der Waals surface area contributed by atoms with Crippen LogP contribution in [0.15, 0.2) is 72.8 Å². The maximum atomic E-state index is 14.0. The van der Waals surface area contributed by atoms with Crippen molar-refractivity contribution in [3.05, 3.63) is 95.1 Å². The highest BCUT2D eigenvalue weighted by atomic mass is 16.2. The van der Waals surface area contributed by atoms with Gasteiger partial charge in [-0.15, -0.1) is 0 Å². The van der Waals surface area contributed by atoms with E-state index in [1.165, 1.54) is 4.90 Å². The quantitative estimate of drug-likeness (QED) is 0.654. The first-order chi connectivity index (χ1) is 15.9. The molecule has 3 aromatic rings. The zero-order valence-electron chi connectivity index (χ0n) is 18.7. The van der Waals surface area contributed by atoms with E-state index in [1.807, 2.05) is 62.4 Å². The highest BCUT2D eigenvalue weighted by Gasteiger charge is 2.60. The number of benzene rings is 3. The summed E-state index contributed by atoms with van der Waals surface area (Å²) in [7, 11) is 0. The van der Waals surface area contributed by atoms with Crippen LogP contribution in [0.4, 0.5) is 11.4 Å². The molecule has 5 rings (SSSR count). The highest BCUT2D eigenvalue weighted by molar-refractivity contribution is 6.18. The van der Waals surface area contributed by atoms with E-state index in [9.17, 15) is 14.4 Å². The molecule has 0 aliphatic carbocycles. The fourth-order valence-electron chi connectivity index (χ4n) is 4.88. The molecule has 1 unspecified atom stereocenters. The fraction of sp³-hybridized carbons (Fsp3) is 0.222. The lowest BCUT2D eigenvalue weighted by Crippen LogP contribution is -2.69. The second-order valence-corrected chi connectivity index (χ2v) is 8.64. The highest BCUT2D eigenvalue weighted by Crippen LogP contribution is 2.45. The molecule has 166 valence electrons. The number of anilines is 2. The molecule has 6 nitrogen and oxygen atoms in total. The Bertz CT molecular complexity index is 1270. The molecule has 1 saturated heterocycles. The van der Waals surface area contributed by atoms with Crippen LogP contribution in [0.1, 0.15) is 39.9 Å². The molecule has 2 aliphatic heterocycles. The van der Waals surface area contributed by atoms with Gasteiger partial charge in [0.25, 0.3) is 11.8 Å². The molecule has 33 heavy (non-hydrogen) atoms. The molecule has 3 amide bonds. The molecule has 2 aliphatic rings. The molecule has 0 saturated carbocycles. The minimum Gasteiger partial charge on any atom is -0.322 e. The van der Waals surface area contributed by atoms with Gasteiger partial charge in [-0.2, -0.15) is 0 Å². The minimum absolute atomic E-state index is 0.163. The standard InChI is InChI=1S/C27H25N3O3/c1-18-9-8-13-22(19(18)2)28-26(33)27-16-15-24(31)30(27)23-14-7-6-12-21(23)25(32)29(27)17-20-10-4-3-5-11-20/h3-14H,15-17H2,1-2H3,(H,28,33). The number of carbonyl (C=O) groups is 3. The van der Waals surface area contributed by atoms with Gasteiger partial charge < -0.3 is 10.2 Å². The molecule has 3 aromatic carbocycles. The van der Waals surface area contributed by atoms with Gasteiger partial charge in [-0.25, -0.2) is 0 Å². The number of aryl methyl sites for hydroxylation is 1. The van der Waals surface area contributed by atoms with Crippen LogP contribution in [0.2, 0.25) is 0 Å². The summed E-state index contributed by atoms with van der Waals surface area (Å²) >= 11 is 0. The van der Waals surface area contributed by atoms with Crippen molar-refractivity contribution in [3.63, 3.8) is 0 Å². The number of hydrogen-bond acceptors (Lipinski definition) is 3. The van der Waals surface area contributed by atoms with Crippen molar-refractivity contribution in [1.29, 1.82) is 0 Å². The number of fused-ring (bicyclic) bond motifs is 3. The summed E-state index contributed by atoms with van der Waals surface area (Å²) in [6.07, 6.45) is 0.419. The van der Waals surface area contributed by atoms with Gasteiger partial charge in [-0.05, 0) is 48.7 Å². The third-order valence-electron chi connectivity index (χ3n) is 6.77. The second kappa shape index (κ2) is 7.89. The fourth-order valence-corrected chi connectivity index (χ4v) is 4.88. The number of nitrogens with one attached hydrogen (secondary N) is 1. The molecule has 1 fully saturated rings. The van der Waals surface area contributed by atoms with Crippen LogP contribution >= 0.6 is 0 Å². The third-order valence-corrected chi connectivity index (χ3v) is 6.77. The zero-order valence-corrected chi connectivity index (χ0v) is 18.7. The van der Waals surface area contributed by atoms with E-state index in [1.54, 1.807) is 29.2 Å². The Balaban J connectivity index is 1.66. The lowest BCUT2D eigenvalue weighted by Gasteiger charge is -2.49. The molecule has 0 radical (unpaired) electrons. The van der Waals surface area contributed by atoms with Crippen molar-refractivity contribution in [2.45, 2.75) is 38.9 Å². The Kier molecular flexibility index (Phi) is 5.01. The van der Waals surface area contributed by atoms with E-state index in [4.69, 9.17) is 0 Å². The maximum absolute atomic E-state index is 14.0. The first-order valence-corrected chi connectivity index (χ1v) is 11.1. The normalized spacial score (nSPS) is 19.3. The Hall–Kier alpha value is -3.93. The van der Waals surface area contributed by atoms with Crippen LogP contribution in [0.3, 0.4) is 0 Å². The summed E-state index contributed by atoms with van der Waals surface area (Å²) in [5.74, 6) is -0.790. The number of amides is 3. The van der Waals surface area contributed by atoms with Crippen molar-refractivity contribution in [2.75, 3.05) is 10.2 Å². The molecule has 0 spiro atoms. The summed E-state index contributed by atoms with van der Waals surface area (Å²) in [5, 5.41) is 3.04. The molecular weight excluding hydrogens is 414 g/mol. The predicted molar refractivity (Wildman–Crippen MR) is 127 cm³/mol. The lowest BCUT2D eigenvalue weighted by atomic mass is 9.94. The van der Waals surface area contributed by atoms with E-state index >= 15 is 0 Å². The molecule has 1 atom stereocenters. The Morgan fingerprint density at radius 1 is 0.939 bits per heavy atom. The first-order valence-electron chi connectivity index (χ1n) is 11.1. The summed E-state index contributed by atoms with van der Waals surface area (Å²) in [5.41, 5.74) is 3.06. The first kappa shape index (κ1) is 20.9. The predicted octanol–water partition coefficient (Wildman–Crippen LogP) is 4.42. The largest absolute Gasteiger partial charge is 0.322 e. The number of hydrogen-bond donors (Lipinski definition) is 1. The van der Waals surface area contributed by atoms with Crippen LogP contribution in [0.25, 0.3) is 0 Å². The van der Waals surface area contributed by atoms with Crippen molar-refractivity contribution in [3.8, 4) is 0 Å². The molecule has 0 bridgehead atoms. The SMILES string of the molecule is Cc1cccc(NC(=O)C23CCC(=O)N2c2ccccc2C(=O)N3Cc2ccccc2)c1C. The Morgan fingerprint density at radius 2 is 1.67 bits per heavy atom. The lowest BCUT2D eigenvalue weighted by molar-refractivity contribution is -0.129. The van der Waals surface area contributed by atoms with Gasteiger partial charge in [-0.1, -0.05) is 54.6 Å². The van der Waals surface area contributed by atoms with Gasteiger partial charge in [0.15, 0.2) is 0 Å². The molecule has 0 aromatic heterocycles. The smallest absolute Gasteiger partial charge is 0.271 e. The van der Waals surface area contributed by atoms with Crippen LogP contribution < -0.4 is 10.2 Å². The third kappa shape index (κ3) is 3.21. The Morgan fingerprint density at radius 3 is 2.45 bits per heavy atom. The topological polar surface area (TPSA) is 69.7 Å². The summed E-state index contributed by atoms with van der Waals surface area (Å²) in [6.45, 7) is 4.15. The van der Waals surface area contributed by atoms with Crippen molar-refractivity contribution in [2.24, 2.45) is 0 Å². The number of rotatable bonds is 4. The average Bonchev–Trinajstić information content (AvgIpc) is 3.18. The van der Waals surface area contributed by atoms with Gasteiger partial charge in [0.1, 0.15) is 0 Å². The van der Waals surface area contributed by atoms with Crippen LogP contribution in [0.5, 0.6) is 0 Å². The Labute approximate surface area is 192 Å². The molecule has 2 heterocycles. The maximum Gasteiger partial charge on any atom is 0.271 e. The minimum atomic E-state index is -1.44. The summed E-state index contributed by atoms with van der Waals surface area (Å²) < 4.78 is 0. The number of para-hydroxylation sites is 1. The van der Waals surface area contributed by atoms with Gasteiger partial charge in [0.2, 0.25) is 11.6 Å². The van der Waals surface area contributed by atoms with E-state index in [2.05, 4.69) is 5.32 Å². The summed E-state index contributed by atoms with van der Waals surface area (Å²) in [6, 6.07) is 22.3. The van der Waals surface area contributed by atoms with Crippen LogP contribution in [0, 0.1) is 13.8 Å². The van der Waals surface area contributed by atoms with E-state index < -0.39 is 5.66 Å². The molecule has 1 N–H and O–H groups in total. The van der Waals surface area contributed by atoms with Crippen molar-refractivity contribution < 1.29 is 14.4 Å². The average molecular weight is 440 g/mol. The number of carbonyl (C=O) groups excluding carboxylic acids is 3. The van der Waals surface area contributed by atoms with Gasteiger partial charge in [0, 0.05) is 25.1 Å². The van der Waals surface area contributed by atoms with Crippen LogP contribution in [-0.2, 0) is 16.1 Å². The summed E-state index contributed by atoms with van der Waals surface area (Å²) in [4.78, 5) is 44.1. The van der Waals surface area contributed by atoms with Crippen LogP contribution in [-0.4, -0.2) is 28.3 Å². The van der Waals surface area contributed by atoms with E-state index in [0.717, 1.165) is 16.7 Å². The zero-order chi connectivity index (χ0) is 23.2. The van der Waals surface area contributed by atoms with Crippen molar-refractivity contribution in [1.82, 2.24) is 4.90 Å². The molecular formula is C27H25N3O3. The molecule has 6 heteroatoms. The monoisotopic (exact) mass is 439 g/mol.